The van der Waals surface area contributed by atoms with E-state index in [1.165, 1.54) is 19.2 Å². The number of ketones is 1. The number of hydrogen-bond donors (Lipinski definition) is 1. The lowest BCUT2D eigenvalue weighted by molar-refractivity contribution is 0.0992. The number of carbonyl (C=O) groups excluding carboxylic acids is 1. The molecule has 3 rings (SSSR count). The van der Waals surface area contributed by atoms with Crippen molar-refractivity contribution in [1.82, 2.24) is 4.72 Å². The van der Waals surface area contributed by atoms with Gasteiger partial charge in [0.15, 0.2) is 17.3 Å². The lowest BCUT2D eigenvalue weighted by Crippen LogP contribution is -2.38. The Morgan fingerprint density at radius 1 is 1.11 bits per heavy atom. The van der Waals surface area contributed by atoms with Crippen LogP contribution in [0.2, 0.25) is 0 Å². The molecule has 0 atom stereocenters. The third kappa shape index (κ3) is 4.59. The number of Topliss-reactive ketones (excluding diaryl/α,β-unsaturated/α-hetero) is 1. The van der Waals surface area contributed by atoms with Crippen molar-refractivity contribution >= 4 is 15.8 Å². The second kappa shape index (κ2) is 8.84. The number of ether oxygens (including phenoxy) is 1. The molecule has 0 aromatic heterocycles. The summed E-state index contributed by atoms with van der Waals surface area (Å²) in [7, 11) is -2.28. The Morgan fingerprint density at radius 3 is 2.43 bits per heavy atom. The Hall–Kier alpha value is -2.25. The van der Waals surface area contributed by atoms with Crippen LogP contribution < -0.4 is 9.46 Å². The van der Waals surface area contributed by atoms with Crippen molar-refractivity contribution in [2.45, 2.75) is 37.4 Å². The van der Waals surface area contributed by atoms with Gasteiger partial charge in [0.25, 0.3) is 0 Å². The van der Waals surface area contributed by atoms with Crippen LogP contribution in [0.5, 0.6) is 5.75 Å². The van der Waals surface area contributed by atoms with Gasteiger partial charge in [-0.1, -0.05) is 49.6 Å². The zero-order valence-corrected chi connectivity index (χ0v) is 16.6. The van der Waals surface area contributed by atoms with Crippen LogP contribution in [0.15, 0.2) is 42.5 Å². The van der Waals surface area contributed by atoms with Gasteiger partial charge in [0.05, 0.1) is 24.5 Å². The number of sulfonamides is 1. The molecule has 1 saturated carbocycles. The Bertz CT molecular complexity index is 938. The molecule has 5 nitrogen and oxygen atoms in total. The van der Waals surface area contributed by atoms with Crippen LogP contribution in [-0.4, -0.2) is 33.1 Å². The van der Waals surface area contributed by atoms with Gasteiger partial charge in [-0.25, -0.2) is 17.5 Å². The maximum atomic E-state index is 14.7. The standard InChI is InChI=1S/C21H24FNO4S/c1-27-20-13-16(15-8-4-2-5-9-15)12-18(21(20)22)19(24)14-23-28(25,26)17-10-6-3-7-11-17/h2,4-5,8-9,12-13,17,23H,3,6-7,10-11,14H2,1H3. The normalized spacial score (nSPS) is 15.4. The molecule has 2 aromatic carbocycles. The molecule has 28 heavy (non-hydrogen) atoms. The SMILES string of the molecule is COc1cc(-c2ccccc2)cc(C(=O)CNS(=O)(=O)C2CCCCC2)c1F. The van der Waals surface area contributed by atoms with Crippen LogP contribution in [0.25, 0.3) is 11.1 Å². The second-order valence-corrected chi connectivity index (χ2v) is 9.00. The number of nitrogens with one attached hydrogen (secondary N) is 1. The van der Waals surface area contributed by atoms with Crippen molar-refractivity contribution in [2.75, 3.05) is 13.7 Å². The molecule has 0 heterocycles. The van der Waals surface area contributed by atoms with E-state index in [0.717, 1.165) is 24.8 Å². The quantitative estimate of drug-likeness (QED) is 0.709. The first-order valence-corrected chi connectivity index (χ1v) is 10.9. The maximum absolute atomic E-state index is 14.7. The van der Waals surface area contributed by atoms with E-state index in [1.54, 1.807) is 0 Å². The van der Waals surface area contributed by atoms with Gasteiger partial charge in [-0.3, -0.25) is 4.79 Å². The highest BCUT2D eigenvalue weighted by Crippen LogP contribution is 2.30. The zero-order chi connectivity index (χ0) is 20.1. The van der Waals surface area contributed by atoms with Crippen LogP contribution in [0.4, 0.5) is 4.39 Å². The minimum atomic E-state index is -3.60. The summed E-state index contributed by atoms with van der Waals surface area (Å²) in [5.74, 6) is -1.48. The molecular formula is C21H24FNO4S. The van der Waals surface area contributed by atoms with E-state index in [4.69, 9.17) is 4.74 Å². The van der Waals surface area contributed by atoms with Crippen molar-refractivity contribution in [1.29, 1.82) is 0 Å². The zero-order valence-electron chi connectivity index (χ0n) is 15.8. The van der Waals surface area contributed by atoms with Crippen molar-refractivity contribution in [3.63, 3.8) is 0 Å². The van der Waals surface area contributed by atoms with Gasteiger partial charge in [0, 0.05) is 0 Å². The first-order valence-electron chi connectivity index (χ1n) is 9.37. The fraction of sp³-hybridized carbons (Fsp3) is 0.381. The van der Waals surface area contributed by atoms with Crippen LogP contribution in [0.1, 0.15) is 42.5 Å². The average Bonchev–Trinajstić information content (AvgIpc) is 2.73. The summed E-state index contributed by atoms with van der Waals surface area (Å²) in [4.78, 5) is 12.6. The highest BCUT2D eigenvalue weighted by atomic mass is 32.2. The Morgan fingerprint density at radius 2 is 1.79 bits per heavy atom. The fourth-order valence-electron chi connectivity index (χ4n) is 3.50. The van der Waals surface area contributed by atoms with Gasteiger partial charge in [-0.2, -0.15) is 0 Å². The molecule has 0 unspecified atom stereocenters. The third-order valence-electron chi connectivity index (χ3n) is 5.09. The van der Waals surface area contributed by atoms with Gasteiger partial charge in [0.2, 0.25) is 10.0 Å². The number of methoxy groups -OCH3 is 1. The topological polar surface area (TPSA) is 72.5 Å². The molecule has 0 bridgehead atoms. The summed E-state index contributed by atoms with van der Waals surface area (Å²) in [5.41, 5.74) is 1.24. The van der Waals surface area contributed by atoms with Gasteiger partial charge >= 0.3 is 0 Å². The highest BCUT2D eigenvalue weighted by Gasteiger charge is 2.28. The second-order valence-electron chi connectivity index (χ2n) is 6.96. The van der Waals surface area contributed by atoms with E-state index in [2.05, 4.69) is 4.72 Å². The van der Waals surface area contributed by atoms with Crippen molar-refractivity contribution in [2.24, 2.45) is 0 Å². The van der Waals surface area contributed by atoms with E-state index >= 15 is 0 Å². The van der Waals surface area contributed by atoms with Gasteiger partial charge < -0.3 is 4.74 Å². The third-order valence-corrected chi connectivity index (χ3v) is 6.99. The summed E-state index contributed by atoms with van der Waals surface area (Å²) in [6.45, 7) is -0.475. The van der Waals surface area contributed by atoms with E-state index in [0.29, 0.717) is 18.4 Å². The van der Waals surface area contributed by atoms with Gasteiger partial charge in [-0.05, 0) is 36.1 Å². The first-order chi connectivity index (χ1) is 13.4. The summed E-state index contributed by atoms with van der Waals surface area (Å²) in [6.07, 6.45) is 3.95. The van der Waals surface area contributed by atoms with E-state index in [-0.39, 0.29) is 11.3 Å². The van der Waals surface area contributed by atoms with Gasteiger partial charge in [0.1, 0.15) is 0 Å². The molecule has 7 heteroatoms. The minimum absolute atomic E-state index is 0.0557. The molecule has 150 valence electrons. The van der Waals surface area contributed by atoms with Crippen molar-refractivity contribution in [3.8, 4) is 16.9 Å². The number of hydrogen-bond acceptors (Lipinski definition) is 4. The lowest BCUT2D eigenvalue weighted by atomic mass is 10.00. The minimum Gasteiger partial charge on any atom is -0.494 e. The summed E-state index contributed by atoms with van der Waals surface area (Å²) >= 11 is 0. The summed E-state index contributed by atoms with van der Waals surface area (Å²) < 4.78 is 47.0. The van der Waals surface area contributed by atoms with Crippen LogP contribution in [0, 0.1) is 5.82 Å². The Labute approximate surface area is 165 Å². The Kier molecular flexibility index (Phi) is 6.46. The summed E-state index contributed by atoms with van der Waals surface area (Å²) in [6, 6.07) is 12.2. The number of benzene rings is 2. The predicted molar refractivity (Wildman–Crippen MR) is 107 cm³/mol. The highest BCUT2D eigenvalue weighted by molar-refractivity contribution is 7.90. The predicted octanol–water partition coefficient (Wildman–Crippen LogP) is 3.94. The molecule has 1 N–H and O–H groups in total. The van der Waals surface area contributed by atoms with Crippen LogP contribution in [-0.2, 0) is 10.0 Å². The van der Waals surface area contributed by atoms with E-state index in [1.807, 2.05) is 30.3 Å². The van der Waals surface area contributed by atoms with Gasteiger partial charge in [-0.15, -0.1) is 0 Å². The fourth-order valence-corrected chi connectivity index (χ4v) is 5.02. The molecule has 0 radical (unpaired) electrons. The molecule has 1 fully saturated rings. The summed E-state index contributed by atoms with van der Waals surface area (Å²) in [5, 5.41) is -0.482. The molecule has 0 saturated heterocycles. The average molecular weight is 405 g/mol. The molecular weight excluding hydrogens is 381 g/mol. The molecule has 2 aromatic rings. The Balaban J connectivity index is 1.82. The molecule has 0 amide bonds. The monoisotopic (exact) mass is 405 g/mol. The largest absolute Gasteiger partial charge is 0.494 e. The molecule has 1 aliphatic rings. The maximum Gasteiger partial charge on any atom is 0.214 e. The number of carbonyl (C=O) groups is 1. The van der Waals surface area contributed by atoms with Crippen LogP contribution >= 0.6 is 0 Å². The lowest BCUT2D eigenvalue weighted by Gasteiger charge is -2.21. The smallest absolute Gasteiger partial charge is 0.214 e. The van der Waals surface area contributed by atoms with Crippen molar-refractivity contribution in [3.05, 3.63) is 53.8 Å². The van der Waals surface area contributed by atoms with Crippen LogP contribution in [0.3, 0.4) is 0 Å². The molecule has 0 aliphatic heterocycles. The molecule has 1 aliphatic carbocycles. The number of rotatable bonds is 7. The first kappa shape index (κ1) is 20.5. The van der Waals surface area contributed by atoms with E-state index in [9.17, 15) is 17.6 Å². The molecule has 0 spiro atoms. The number of halogens is 1. The van der Waals surface area contributed by atoms with E-state index < -0.39 is 33.4 Å². The van der Waals surface area contributed by atoms with Crippen molar-refractivity contribution < 1.29 is 22.3 Å².